The molecule has 0 spiro atoms. The van der Waals surface area contributed by atoms with Crippen LogP contribution in [-0.2, 0) is 10.0 Å². The Balaban J connectivity index is 2.87. The van der Waals surface area contributed by atoms with Crippen LogP contribution in [0.5, 0.6) is 0 Å². The quantitative estimate of drug-likeness (QED) is 0.739. The molecule has 0 N–H and O–H groups in total. The first-order valence-electron chi connectivity index (χ1n) is 6.31. The number of hydrogen-bond donors (Lipinski definition) is 0. The van der Waals surface area contributed by atoms with E-state index < -0.39 is 15.3 Å². The minimum absolute atomic E-state index is 0.0925. The zero-order valence-electron chi connectivity index (χ0n) is 11.6. The van der Waals surface area contributed by atoms with Crippen molar-refractivity contribution in [2.24, 2.45) is 5.41 Å². The maximum absolute atomic E-state index is 12.2. The third-order valence-corrected chi connectivity index (χ3v) is 5.58. The lowest BCUT2D eigenvalue weighted by Crippen LogP contribution is -2.41. The number of sulfonamides is 1. The molecule has 4 nitrogen and oxygen atoms in total. The van der Waals surface area contributed by atoms with Crippen LogP contribution in [0.1, 0.15) is 40.5 Å². The van der Waals surface area contributed by atoms with Crippen molar-refractivity contribution in [3.8, 4) is 6.07 Å². The molecule has 1 aliphatic heterocycles. The summed E-state index contributed by atoms with van der Waals surface area (Å²) in [6.45, 7) is 9.01. The van der Waals surface area contributed by atoms with E-state index in [1.54, 1.807) is 6.92 Å². The third kappa shape index (κ3) is 3.12. The Kier molecular flexibility index (Phi) is 4.57. The van der Waals surface area contributed by atoms with E-state index in [1.807, 2.05) is 12.1 Å². The van der Waals surface area contributed by atoms with E-state index in [0.29, 0.717) is 19.5 Å². The Morgan fingerprint density at radius 1 is 1.50 bits per heavy atom. The fourth-order valence-electron chi connectivity index (χ4n) is 2.11. The Morgan fingerprint density at radius 2 is 2.11 bits per heavy atom. The molecule has 1 heterocycles. The summed E-state index contributed by atoms with van der Waals surface area (Å²) in [4.78, 5) is 0. The first-order chi connectivity index (χ1) is 8.23. The summed E-state index contributed by atoms with van der Waals surface area (Å²) in [5.74, 6) is 0. The second kappa shape index (κ2) is 5.41. The number of rotatable bonds is 3. The van der Waals surface area contributed by atoms with Gasteiger partial charge in [-0.1, -0.05) is 39.3 Å². The number of hydrogen-bond acceptors (Lipinski definition) is 3. The van der Waals surface area contributed by atoms with E-state index in [4.69, 9.17) is 5.26 Å². The first-order valence-corrected chi connectivity index (χ1v) is 7.82. The van der Waals surface area contributed by atoms with Crippen LogP contribution in [0.4, 0.5) is 0 Å². The molecule has 0 bridgehead atoms. The highest BCUT2D eigenvalue weighted by Crippen LogP contribution is 2.31. The van der Waals surface area contributed by atoms with Crippen LogP contribution < -0.4 is 0 Å². The lowest BCUT2D eigenvalue weighted by molar-refractivity contribution is 0.387. The van der Waals surface area contributed by atoms with Gasteiger partial charge in [0.05, 0.1) is 6.07 Å². The lowest BCUT2D eigenvalue weighted by Gasteiger charge is -2.32. The molecule has 0 aromatic rings. The Bertz CT molecular complexity index is 466. The van der Waals surface area contributed by atoms with Gasteiger partial charge in [-0.2, -0.15) is 9.57 Å². The zero-order chi connectivity index (χ0) is 14.0. The molecule has 102 valence electrons. The van der Waals surface area contributed by atoms with Crippen molar-refractivity contribution in [2.75, 3.05) is 13.1 Å². The molecule has 1 unspecified atom stereocenters. The molecule has 0 aliphatic carbocycles. The second-order valence-corrected chi connectivity index (χ2v) is 7.77. The van der Waals surface area contributed by atoms with Crippen LogP contribution in [0.15, 0.2) is 11.6 Å². The van der Waals surface area contributed by atoms with Crippen molar-refractivity contribution in [1.29, 1.82) is 5.26 Å². The highest BCUT2D eigenvalue weighted by molar-refractivity contribution is 7.90. The highest BCUT2D eigenvalue weighted by atomic mass is 32.2. The van der Waals surface area contributed by atoms with Gasteiger partial charge in [-0.05, 0) is 18.3 Å². The van der Waals surface area contributed by atoms with Gasteiger partial charge in [-0.25, -0.2) is 8.42 Å². The molecule has 0 amide bonds. The second-order valence-electron chi connectivity index (χ2n) is 5.66. The molecule has 0 radical (unpaired) electrons. The molecule has 0 fully saturated rings. The Hall–Kier alpha value is -0.860. The normalized spacial score (nSPS) is 20.1. The average Bonchev–Trinajstić information content (AvgIpc) is 2.29. The highest BCUT2D eigenvalue weighted by Gasteiger charge is 2.33. The van der Waals surface area contributed by atoms with Gasteiger partial charge >= 0.3 is 0 Å². The third-order valence-electron chi connectivity index (χ3n) is 3.37. The summed E-state index contributed by atoms with van der Waals surface area (Å²) in [5, 5.41) is 7.99. The lowest BCUT2D eigenvalue weighted by atomic mass is 9.83. The van der Waals surface area contributed by atoms with Crippen molar-refractivity contribution in [3.63, 3.8) is 0 Å². The summed E-state index contributed by atoms with van der Waals surface area (Å²) < 4.78 is 25.8. The van der Waals surface area contributed by atoms with Crippen molar-refractivity contribution >= 4 is 10.0 Å². The van der Waals surface area contributed by atoms with Crippen LogP contribution >= 0.6 is 0 Å². The van der Waals surface area contributed by atoms with E-state index in [-0.39, 0.29) is 5.41 Å². The van der Waals surface area contributed by atoms with E-state index in [9.17, 15) is 8.42 Å². The van der Waals surface area contributed by atoms with Crippen molar-refractivity contribution in [1.82, 2.24) is 4.31 Å². The van der Waals surface area contributed by atoms with Gasteiger partial charge in [0.15, 0.2) is 5.25 Å². The molecule has 1 rings (SSSR count). The van der Waals surface area contributed by atoms with Gasteiger partial charge in [0.1, 0.15) is 0 Å². The van der Waals surface area contributed by atoms with Crippen LogP contribution in [0.25, 0.3) is 0 Å². The van der Waals surface area contributed by atoms with Gasteiger partial charge in [-0.15, -0.1) is 0 Å². The van der Waals surface area contributed by atoms with Gasteiger partial charge in [-0.3, -0.25) is 0 Å². The fourth-order valence-corrected chi connectivity index (χ4v) is 3.65. The van der Waals surface area contributed by atoms with Crippen molar-refractivity contribution in [2.45, 2.75) is 45.8 Å². The van der Waals surface area contributed by atoms with Crippen LogP contribution in [0.2, 0.25) is 0 Å². The van der Waals surface area contributed by atoms with Gasteiger partial charge in [0.2, 0.25) is 10.0 Å². The molecule has 0 saturated heterocycles. The summed E-state index contributed by atoms with van der Waals surface area (Å²) in [7, 11) is -3.47. The molecule has 1 atom stereocenters. The number of nitrogens with zero attached hydrogens (tertiary/aromatic N) is 2. The average molecular weight is 270 g/mol. The van der Waals surface area contributed by atoms with E-state index >= 15 is 0 Å². The Labute approximate surface area is 110 Å². The largest absolute Gasteiger partial charge is 0.230 e. The molecule has 18 heavy (non-hydrogen) atoms. The fraction of sp³-hybridized carbons (Fsp3) is 0.769. The van der Waals surface area contributed by atoms with Crippen LogP contribution in [0, 0.1) is 16.7 Å². The molecular weight excluding hydrogens is 248 g/mol. The predicted octanol–water partition coefficient (Wildman–Crippen LogP) is 2.30. The molecular formula is C13H22N2O2S. The Morgan fingerprint density at radius 3 is 2.44 bits per heavy atom. The molecule has 0 saturated carbocycles. The van der Waals surface area contributed by atoms with E-state index in [1.165, 1.54) is 9.88 Å². The molecule has 1 aliphatic rings. The molecule has 0 aromatic heterocycles. The maximum Gasteiger partial charge on any atom is 0.230 e. The first kappa shape index (κ1) is 15.2. The van der Waals surface area contributed by atoms with Gasteiger partial charge < -0.3 is 0 Å². The van der Waals surface area contributed by atoms with Gasteiger partial charge in [0, 0.05) is 13.1 Å². The zero-order valence-corrected chi connectivity index (χ0v) is 12.4. The van der Waals surface area contributed by atoms with Crippen LogP contribution in [-0.4, -0.2) is 31.1 Å². The summed E-state index contributed by atoms with van der Waals surface area (Å²) in [5.41, 5.74) is 1.38. The van der Waals surface area contributed by atoms with Crippen LogP contribution in [0.3, 0.4) is 0 Å². The standard InChI is InChI=1S/C13H22N2O2S/c1-5-12(10-14)18(16,17)15-8-6-11(7-9-15)13(2,3)4/h6,12H,5,7-9H2,1-4H3. The summed E-state index contributed by atoms with van der Waals surface area (Å²) >= 11 is 0. The smallest absolute Gasteiger partial charge is 0.211 e. The number of nitriles is 1. The predicted molar refractivity (Wildman–Crippen MR) is 72.3 cm³/mol. The van der Waals surface area contributed by atoms with Crippen molar-refractivity contribution < 1.29 is 8.42 Å². The SMILES string of the molecule is CCC(C#N)S(=O)(=O)N1CC=C(C(C)(C)C)CC1. The minimum atomic E-state index is -3.47. The summed E-state index contributed by atoms with van der Waals surface area (Å²) in [6, 6.07) is 1.88. The molecule has 5 heteroatoms. The minimum Gasteiger partial charge on any atom is -0.211 e. The van der Waals surface area contributed by atoms with Gasteiger partial charge in [0.25, 0.3) is 0 Å². The maximum atomic E-state index is 12.2. The topological polar surface area (TPSA) is 61.2 Å². The molecule has 0 aromatic carbocycles. The monoisotopic (exact) mass is 270 g/mol. The summed E-state index contributed by atoms with van der Waals surface area (Å²) in [6.07, 6.45) is 3.08. The van der Waals surface area contributed by atoms with E-state index in [2.05, 4.69) is 20.8 Å². The van der Waals surface area contributed by atoms with E-state index in [0.717, 1.165) is 6.42 Å². The van der Waals surface area contributed by atoms with Crippen molar-refractivity contribution in [3.05, 3.63) is 11.6 Å².